The third kappa shape index (κ3) is 4.45. The molecular formula is C18H17FN2O2S. The molecule has 24 heavy (non-hydrogen) atoms. The van der Waals surface area contributed by atoms with E-state index in [1.165, 1.54) is 17.0 Å². The number of urea groups is 1. The fraction of sp³-hybridized carbons (Fsp3) is 0.167. The van der Waals surface area contributed by atoms with Gasteiger partial charge in [0.15, 0.2) is 0 Å². The molecule has 3 rings (SSSR count). The van der Waals surface area contributed by atoms with Crippen LogP contribution in [-0.2, 0) is 13.0 Å². The first-order valence-corrected chi connectivity index (χ1v) is 8.40. The van der Waals surface area contributed by atoms with E-state index < -0.39 is 0 Å². The highest BCUT2D eigenvalue weighted by Crippen LogP contribution is 2.28. The van der Waals surface area contributed by atoms with E-state index in [1.54, 1.807) is 36.0 Å². The van der Waals surface area contributed by atoms with Crippen LogP contribution in [0.3, 0.4) is 0 Å². The highest BCUT2D eigenvalue weighted by Gasteiger charge is 2.05. The Morgan fingerprint density at radius 2 is 1.92 bits per heavy atom. The van der Waals surface area contributed by atoms with Gasteiger partial charge in [0.25, 0.3) is 0 Å². The molecule has 2 amide bonds. The SMILES string of the molecule is O=C(NCCc1ccc(-c2ccoc2)s1)NCc1ccc(F)cc1. The Morgan fingerprint density at radius 3 is 2.67 bits per heavy atom. The van der Waals surface area contributed by atoms with Crippen LogP contribution in [0.2, 0.25) is 0 Å². The summed E-state index contributed by atoms with van der Waals surface area (Å²) < 4.78 is 17.9. The van der Waals surface area contributed by atoms with Crippen molar-refractivity contribution in [2.45, 2.75) is 13.0 Å². The number of nitrogens with one attached hydrogen (secondary N) is 2. The molecule has 0 fully saturated rings. The largest absolute Gasteiger partial charge is 0.472 e. The summed E-state index contributed by atoms with van der Waals surface area (Å²) >= 11 is 1.69. The van der Waals surface area contributed by atoms with E-state index in [-0.39, 0.29) is 11.8 Å². The van der Waals surface area contributed by atoms with Gasteiger partial charge >= 0.3 is 6.03 Å². The molecule has 2 aromatic heterocycles. The van der Waals surface area contributed by atoms with Crippen LogP contribution >= 0.6 is 11.3 Å². The van der Waals surface area contributed by atoms with Crippen LogP contribution < -0.4 is 10.6 Å². The molecular weight excluding hydrogens is 327 g/mol. The van der Waals surface area contributed by atoms with Crippen molar-refractivity contribution in [1.29, 1.82) is 0 Å². The van der Waals surface area contributed by atoms with Crippen LogP contribution in [0, 0.1) is 5.82 Å². The molecule has 2 heterocycles. The molecule has 0 saturated carbocycles. The van der Waals surface area contributed by atoms with E-state index in [2.05, 4.69) is 22.8 Å². The molecule has 0 radical (unpaired) electrons. The summed E-state index contributed by atoms with van der Waals surface area (Å²) in [4.78, 5) is 14.1. The van der Waals surface area contributed by atoms with Crippen LogP contribution in [0.5, 0.6) is 0 Å². The minimum Gasteiger partial charge on any atom is -0.472 e. The average Bonchev–Trinajstić information content (AvgIpc) is 3.25. The first-order chi connectivity index (χ1) is 11.7. The lowest BCUT2D eigenvalue weighted by Crippen LogP contribution is -2.36. The number of benzene rings is 1. The first kappa shape index (κ1) is 16.3. The molecule has 2 N–H and O–H groups in total. The van der Waals surface area contributed by atoms with Crippen molar-refractivity contribution >= 4 is 17.4 Å². The number of rotatable bonds is 6. The Kier molecular flexibility index (Phi) is 5.28. The maximum absolute atomic E-state index is 12.8. The Labute approximate surface area is 143 Å². The molecule has 4 nitrogen and oxygen atoms in total. The number of hydrogen-bond acceptors (Lipinski definition) is 3. The van der Waals surface area contributed by atoms with Gasteiger partial charge in [-0.05, 0) is 42.3 Å². The van der Waals surface area contributed by atoms with Gasteiger partial charge in [0.05, 0.1) is 12.5 Å². The predicted octanol–water partition coefficient (Wildman–Crippen LogP) is 4.19. The lowest BCUT2D eigenvalue weighted by molar-refractivity contribution is 0.240. The van der Waals surface area contributed by atoms with Crippen LogP contribution in [0.15, 0.2) is 59.4 Å². The summed E-state index contributed by atoms with van der Waals surface area (Å²) in [6.45, 7) is 0.927. The van der Waals surface area contributed by atoms with Crippen molar-refractivity contribution in [2.75, 3.05) is 6.54 Å². The van der Waals surface area contributed by atoms with Crippen LogP contribution in [-0.4, -0.2) is 12.6 Å². The van der Waals surface area contributed by atoms with Crippen LogP contribution in [0.25, 0.3) is 10.4 Å². The van der Waals surface area contributed by atoms with Gasteiger partial charge in [-0.25, -0.2) is 9.18 Å². The van der Waals surface area contributed by atoms with Crippen molar-refractivity contribution in [3.63, 3.8) is 0 Å². The maximum Gasteiger partial charge on any atom is 0.315 e. The third-order valence-corrected chi connectivity index (χ3v) is 4.68. The van der Waals surface area contributed by atoms with E-state index in [9.17, 15) is 9.18 Å². The third-order valence-electron chi connectivity index (χ3n) is 3.49. The standard InChI is InChI=1S/C18H17FN2O2S/c19-15-3-1-13(2-4-15)11-21-18(22)20-9-7-16-5-6-17(24-16)14-8-10-23-12-14/h1-6,8,10,12H,7,9,11H2,(H2,20,21,22). The van der Waals surface area contributed by atoms with E-state index in [1.807, 2.05) is 6.07 Å². The van der Waals surface area contributed by atoms with Gasteiger partial charge in [0.1, 0.15) is 5.82 Å². The van der Waals surface area contributed by atoms with Gasteiger partial charge in [0, 0.05) is 28.4 Å². The second kappa shape index (κ2) is 7.79. The van der Waals surface area contributed by atoms with Crippen LogP contribution in [0.1, 0.15) is 10.4 Å². The highest BCUT2D eigenvalue weighted by molar-refractivity contribution is 7.15. The molecule has 1 aromatic carbocycles. The summed E-state index contributed by atoms with van der Waals surface area (Å²) in [5.74, 6) is -0.283. The number of amides is 2. The van der Waals surface area contributed by atoms with E-state index in [4.69, 9.17) is 4.42 Å². The zero-order chi connectivity index (χ0) is 16.8. The number of carbonyl (C=O) groups excluding carboxylic acids is 1. The summed E-state index contributed by atoms with van der Waals surface area (Å²) in [5.41, 5.74) is 1.92. The second-order valence-electron chi connectivity index (χ2n) is 5.26. The zero-order valence-electron chi connectivity index (χ0n) is 12.9. The predicted molar refractivity (Wildman–Crippen MR) is 92.4 cm³/mol. The number of hydrogen-bond donors (Lipinski definition) is 2. The first-order valence-electron chi connectivity index (χ1n) is 7.58. The molecule has 0 unspecified atom stereocenters. The van der Waals surface area contributed by atoms with Crippen molar-refractivity contribution < 1.29 is 13.6 Å². The van der Waals surface area contributed by atoms with E-state index in [0.717, 1.165) is 22.4 Å². The second-order valence-corrected chi connectivity index (χ2v) is 6.43. The van der Waals surface area contributed by atoms with E-state index >= 15 is 0 Å². The fourth-order valence-electron chi connectivity index (χ4n) is 2.22. The maximum atomic E-state index is 12.8. The Bertz CT molecular complexity index is 782. The van der Waals surface area contributed by atoms with Gasteiger partial charge in [0.2, 0.25) is 0 Å². The van der Waals surface area contributed by atoms with Gasteiger partial charge < -0.3 is 15.1 Å². The Morgan fingerprint density at radius 1 is 1.08 bits per heavy atom. The normalized spacial score (nSPS) is 10.5. The summed E-state index contributed by atoms with van der Waals surface area (Å²) in [5, 5.41) is 5.57. The Hall–Kier alpha value is -2.60. The topological polar surface area (TPSA) is 54.3 Å². The van der Waals surface area contributed by atoms with Crippen molar-refractivity contribution in [3.8, 4) is 10.4 Å². The number of furan rings is 1. The summed E-state index contributed by atoms with van der Waals surface area (Å²) in [6, 6.07) is 11.9. The number of thiophene rings is 1. The van der Waals surface area contributed by atoms with Gasteiger partial charge in [-0.1, -0.05) is 12.1 Å². The van der Waals surface area contributed by atoms with Gasteiger partial charge in [-0.3, -0.25) is 0 Å². The van der Waals surface area contributed by atoms with Gasteiger partial charge in [-0.15, -0.1) is 11.3 Å². The quantitative estimate of drug-likeness (QED) is 0.704. The molecule has 6 heteroatoms. The van der Waals surface area contributed by atoms with Crippen LogP contribution in [0.4, 0.5) is 9.18 Å². The summed E-state index contributed by atoms with van der Waals surface area (Å²) in [6.07, 6.45) is 4.14. The minimum absolute atomic E-state index is 0.231. The average molecular weight is 344 g/mol. The van der Waals surface area contributed by atoms with Crippen molar-refractivity contribution in [2.24, 2.45) is 0 Å². The van der Waals surface area contributed by atoms with Crippen molar-refractivity contribution in [1.82, 2.24) is 10.6 Å². The molecule has 0 aliphatic heterocycles. The van der Waals surface area contributed by atoms with Gasteiger partial charge in [-0.2, -0.15) is 0 Å². The van der Waals surface area contributed by atoms with E-state index in [0.29, 0.717) is 13.1 Å². The Balaban J connectivity index is 1.40. The molecule has 0 aliphatic rings. The smallest absolute Gasteiger partial charge is 0.315 e. The fourth-order valence-corrected chi connectivity index (χ4v) is 3.21. The molecule has 0 atom stereocenters. The number of carbonyl (C=O) groups is 1. The molecule has 0 saturated heterocycles. The monoisotopic (exact) mass is 344 g/mol. The minimum atomic E-state index is -0.283. The molecule has 0 bridgehead atoms. The highest BCUT2D eigenvalue weighted by atomic mass is 32.1. The molecule has 124 valence electrons. The van der Waals surface area contributed by atoms with Crippen molar-refractivity contribution in [3.05, 3.63) is 71.2 Å². The number of halogens is 1. The molecule has 0 spiro atoms. The summed E-state index contributed by atoms with van der Waals surface area (Å²) in [7, 11) is 0. The molecule has 3 aromatic rings. The zero-order valence-corrected chi connectivity index (χ0v) is 13.7. The lowest BCUT2D eigenvalue weighted by Gasteiger charge is -2.07. The molecule has 0 aliphatic carbocycles. The lowest BCUT2D eigenvalue weighted by atomic mass is 10.2.